The number of H-pyrrole nitrogens is 1. The largest absolute Gasteiger partial charge is 0.497 e. The van der Waals surface area contributed by atoms with Crippen molar-refractivity contribution in [1.29, 1.82) is 0 Å². The minimum atomic E-state index is -0.0737. The van der Waals surface area contributed by atoms with Crippen LogP contribution in [0, 0.1) is 5.92 Å². The third-order valence-corrected chi connectivity index (χ3v) is 3.86. The zero-order valence-corrected chi connectivity index (χ0v) is 14.0. The van der Waals surface area contributed by atoms with Gasteiger partial charge in [-0.2, -0.15) is 5.21 Å². The smallest absolute Gasteiger partial charge is 0.196 e. The van der Waals surface area contributed by atoms with Gasteiger partial charge < -0.3 is 10.1 Å². The maximum absolute atomic E-state index is 5.31. The molecule has 0 aliphatic carbocycles. The summed E-state index contributed by atoms with van der Waals surface area (Å²) in [7, 11) is 1.64. The lowest BCUT2D eigenvalue weighted by atomic mass is 10.0. The van der Waals surface area contributed by atoms with Crippen LogP contribution in [0.1, 0.15) is 38.6 Å². The van der Waals surface area contributed by atoms with Crippen LogP contribution in [0.2, 0.25) is 0 Å². The first kappa shape index (κ1) is 16.1. The van der Waals surface area contributed by atoms with Crippen molar-refractivity contribution in [3.05, 3.63) is 30.4 Å². The van der Waals surface area contributed by atoms with Crippen LogP contribution in [0.5, 0.6) is 5.75 Å². The van der Waals surface area contributed by atoms with Crippen LogP contribution < -0.4 is 10.1 Å². The number of aromatic amines is 1. The molecule has 0 bridgehead atoms. The van der Waals surface area contributed by atoms with E-state index < -0.39 is 0 Å². The average Bonchev–Trinajstić information content (AvgIpc) is 3.12. The van der Waals surface area contributed by atoms with E-state index in [-0.39, 0.29) is 6.04 Å². The van der Waals surface area contributed by atoms with Crippen LogP contribution in [-0.2, 0) is 0 Å². The van der Waals surface area contributed by atoms with Gasteiger partial charge in [-0.15, -0.1) is 10.2 Å². The molecule has 24 heavy (non-hydrogen) atoms. The first-order chi connectivity index (χ1) is 11.7. The zero-order chi connectivity index (χ0) is 16.9. The lowest BCUT2D eigenvalue weighted by molar-refractivity contribution is 0.415. The molecular weight excluding hydrogens is 306 g/mol. The summed E-state index contributed by atoms with van der Waals surface area (Å²) >= 11 is 0. The van der Waals surface area contributed by atoms with Gasteiger partial charge in [-0.3, -0.25) is 0 Å². The summed E-state index contributed by atoms with van der Waals surface area (Å²) in [6.07, 6.45) is 3.47. The van der Waals surface area contributed by atoms with Gasteiger partial charge in [0.15, 0.2) is 5.82 Å². The third kappa shape index (κ3) is 3.58. The molecule has 0 aliphatic heterocycles. The quantitative estimate of drug-likeness (QED) is 0.688. The van der Waals surface area contributed by atoms with E-state index in [0.717, 1.165) is 35.3 Å². The van der Waals surface area contributed by atoms with Gasteiger partial charge in [0.1, 0.15) is 17.9 Å². The summed E-state index contributed by atoms with van der Waals surface area (Å²) in [4.78, 5) is 8.70. The summed E-state index contributed by atoms with van der Waals surface area (Å²) in [5, 5.41) is 18.8. The van der Waals surface area contributed by atoms with Crippen molar-refractivity contribution < 1.29 is 4.74 Å². The van der Waals surface area contributed by atoms with Crippen molar-refractivity contribution in [1.82, 2.24) is 30.6 Å². The number of rotatable bonds is 7. The fraction of sp³-hybridized carbons (Fsp3) is 0.438. The predicted octanol–water partition coefficient (Wildman–Crippen LogP) is 2.74. The summed E-state index contributed by atoms with van der Waals surface area (Å²) in [5.74, 6) is 2.71. The number of hydrogen-bond acceptors (Lipinski definition) is 7. The Labute approximate surface area is 140 Å². The van der Waals surface area contributed by atoms with Crippen molar-refractivity contribution in [2.75, 3.05) is 12.4 Å². The Balaban J connectivity index is 1.92. The lowest BCUT2D eigenvalue weighted by Gasteiger charge is -2.18. The Kier molecular flexibility index (Phi) is 4.83. The highest BCUT2D eigenvalue weighted by Gasteiger charge is 2.18. The molecule has 0 spiro atoms. The number of ether oxygens (including phenoxy) is 1. The van der Waals surface area contributed by atoms with Crippen LogP contribution in [0.3, 0.4) is 0 Å². The highest BCUT2D eigenvalue weighted by Crippen LogP contribution is 2.28. The maximum Gasteiger partial charge on any atom is 0.196 e. The standard InChI is InChI=1S/C16H21N7O/c1-10(2)4-6-14(16-20-22-23-21-16)19-15-12-8-11(24-3)5-7-13(12)17-9-18-15/h5,7-10,14H,4,6H2,1-3H3,(H,17,18,19)(H,20,21,22,23). The molecule has 3 rings (SSSR count). The molecule has 2 aromatic heterocycles. The molecule has 3 aromatic rings. The molecule has 0 fully saturated rings. The highest BCUT2D eigenvalue weighted by atomic mass is 16.5. The molecule has 0 saturated heterocycles. The van der Waals surface area contributed by atoms with Crippen molar-refractivity contribution in [3.8, 4) is 5.75 Å². The normalized spacial score (nSPS) is 12.5. The van der Waals surface area contributed by atoms with Crippen LogP contribution in [0.4, 0.5) is 5.82 Å². The van der Waals surface area contributed by atoms with E-state index in [9.17, 15) is 0 Å². The first-order valence-corrected chi connectivity index (χ1v) is 7.96. The number of methoxy groups -OCH3 is 1. The number of anilines is 1. The third-order valence-electron chi connectivity index (χ3n) is 3.86. The van der Waals surface area contributed by atoms with Gasteiger partial charge in [0.05, 0.1) is 18.7 Å². The minimum absolute atomic E-state index is 0.0737. The van der Waals surface area contributed by atoms with Crippen LogP contribution in [0.25, 0.3) is 10.9 Å². The van der Waals surface area contributed by atoms with E-state index in [1.54, 1.807) is 13.4 Å². The van der Waals surface area contributed by atoms with Crippen LogP contribution in [0.15, 0.2) is 24.5 Å². The van der Waals surface area contributed by atoms with E-state index in [1.165, 1.54) is 0 Å². The summed E-state index contributed by atoms with van der Waals surface area (Å²) in [5.41, 5.74) is 0.851. The highest BCUT2D eigenvalue weighted by molar-refractivity contribution is 5.90. The number of aromatic nitrogens is 6. The van der Waals surface area contributed by atoms with Crippen molar-refractivity contribution in [3.63, 3.8) is 0 Å². The molecule has 1 atom stereocenters. The second kappa shape index (κ2) is 7.20. The Bertz CT molecular complexity index is 788. The van der Waals surface area contributed by atoms with Gasteiger partial charge in [0, 0.05) is 5.39 Å². The molecule has 2 N–H and O–H groups in total. The summed E-state index contributed by atoms with van der Waals surface area (Å²) in [6, 6.07) is 5.65. The fourth-order valence-electron chi connectivity index (χ4n) is 2.53. The fourth-order valence-corrected chi connectivity index (χ4v) is 2.53. The zero-order valence-electron chi connectivity index (χ0n) is 14.0. The number of fused-ring (bicyclic) bond motifs is 1. The summed E-state index contributed by atoms with van der Waals surface area (Å²) in [6.45, 7) is 4.39. The molecule has 1 aromatic carbocycles. The van der Waals surface area contributed by atoms with Gasteiger partial charge in [-0.1, -0.05) is 19.1 Å². The van der Waals surface area contributed by atoms with Gasteiger partial charge >= 0.3 is 0 Å². The number of tetrazole rings is 1. The molecule has 126 valence electrons. The predicted molar refractivity (Wildman–Crippen MR) is 90.7 cm³/mol. The maximum atomic E-state index is 5.31. The number of benzene rings is 1. The van der Waals surface area contributed by atoms with Crippen LogP contribution >= 0.6 is 0 Å². The molecule has 8 heteroatoms. The van der Waals surface area contributed by atoms with Gasteiger partial charge in [-0.25, -0.2) is 9.97 Å². The molecule has 0 amide bonds. The Morgan fingerprint density at radius 1 is 1.21 bits per heavy atom. The van der Waals surface area contributed by atoms with Crippen molar-refractivity contribution >= 4 is 16.7 Å². The molecule has 1 unspecified atom stereocenters. The van der Waals surface area contributed by atoms with E-state index in [2.05, 4.69) is 49.8 Å². The Morgan fingerprint density at radius 2 is 2.08 bits per heavy atom. The molecule has 8 nitrogen and oxygen atoms in total. The van der Waals surface area contributed by atoms with Crippen molar-refractivity contribution in [2.24, 2.45) is 5.92 Å². The number of nitrogens with one attached hydrogen (secondary N) is 2. The topological polar surface area (TPSA) is 102 Å². The first-order valence-electron chi connectivity index (χ1n) is 7.96. The van der Waals surface area contributed by atoms with Gasteiger partial charge in [0.25, 0.3) is 0 Å². The molecular formula is C16H21N7O. The van der Waals surface area contributed by atoms with E-state index in [0.29, 0.717) is 11.7 Å². The molecule has 0 radical (unpaired) electrons. The number of nitrogens with zero attached hydrogens (tertiary/aromatic N) is 5. The second-order valence-corrected chi connectivity index (χ2v) is 6.04. The van der Waals surface area contributed by atoms with Crippen molar-refractivity contribution in [2.45, 2.75) is 32.7 Å². The van der Waals surface area contributed by atoms with Gasteiger partial charge in [-0.05, 0) is 37.0 Å². The van der Waals surface area contributed by atoms with E-state index in [4.69, 9.17) is 4.74 Å². The molecule has 0 saturated carbocycles. The van der Waals surface area contributed by atoms with E-state index in [1.807, 2.05) is 18.2 Å². The summed E-state index contributed by atoms with van der Waals surface area (Å²) < 4.78 is 5.31. The van der Waals surface area contributed by atoms with E-state index >= 15 is 0 Å². The average molecular weight is 327 g/mol. The Morgan fingerprint density at radius 3 is 2.79 bits per heavy atom. The number of hydrogen-bond donors (Lipinski definition) is 2. The van der Waals surface area contributed by atoms with Gasteiger partial charge in [0.2, 0.25) is 0 Å². The molecule has 0 aliphatic rings. The Hall–Kier alpha value is -2.77. The second-order valence-electron chi connectivity index (χ2n) is 6.04. The lowest BCUT2D eigenvalue weighted by Crippen LogP contribution is -2.15. The monoisotopic (exact) mass is 327 g/mol. The minimum Gasteiger partial charge on any atom is -0.497 e. The SMILES string of the molecule is COc1ccc2ncnc(NC(CCC(C)C)c3nn[nH]n3)c2c1. The molecule has 2 heterocycles. The van der Waals surface area contributed by atoms with Crippen LogP contribution in [-0.4, -0.2) is 37.7 Å².